The Morgan fingerprint density at radius 1 is 0.824 bits per heavy atom. The third kappa shape index (κ3) is 2.51. The molecule has 2 nitrogen and oxygen atoms in total. The maximum atomic E-state index is 13.5. The second-order valence-electron chi connectivity index (χ2n) is 3.62. The third-order valence-corrected chi connectivity index (χ3v) is 2.46. The average Bonchev–Trinajstić information content (AvgIpc) is 2.29. The van der Waals surface area contributed by atoms with Crippen LogP contribution in [0.2, 0.25) is 0 Å². The van der Waals surface area contributed by atoms with Crippen LogP contribution in [0.5, 0.6) is 0 Å². The zero-order valence-electron chi connectivity index (χ0n) is 8.77. The Bertz CT molecular complexity index is 527. The van der Waals surface area contributed by atoms with Crippen LogP contribution in [0.25, 0.3) is 11.1 Å². The van der Waals surface area contributed by atoms with Crippen molar-refractivity contribution in [1.29, 1.82) is 0 Å². The highest BCUT2D eigenvalue weighted by molar-refractivity contribution is 6.58. The summed E-state index contributed by atoms with van der Waals surface area (Å²) in [6.07, 6.45) is 0. The van der Waals surface area contributed by atoms with E-state index in [1.54, 1.807) is 6.07 Å². The molecule has 0 bridgehead atoms. The smallest absolute Gasteiger partial charge is 0.423 e. The van der Waals surface area contributed by atoms with Gasteiger partial charge in [-0.05, 0) is 29.3 Å². The van der Waals surface area contributed by atoms with Gasteiger partial charge in [-0.2, -0.15) is 0 Å². The molecule has 17 heavy (non-hydrogen) atoms. The number of hydrogen-bond donors (Lipinski definition) is 2. The van der Waals surface area contributed by atoms with Crippen molar-refractivity contribution >= 4 is 12.6 Å². The molecule has 0 amide bonds. The molecule has 0 heterocycles. The Morgan fingerprint density at radius 3 is 1.94 bits per heavy atom. The summed E-state index contributed by atoms with van der Waals surface area (Å²) in [4.78, 5) is 0. The zero-order valence-corrected chi connectivity index (χ0v) is 8.77. The van der Waals surface area contributed by atoms with Gasteiger partial charge >= 0.3 is 7.12 Å². The maximum absolute atomic E-state index is 13.5. The maximum Gasteiger partial charge on any atom is 0.491 e. The van der Waals surface area contributed by atoms with Gasteiger partial charge in [-0.1, -0.05) is 24.3 Å². The fraction of sp³-hybridized carbons (Fsp3) is 0. The molecule has 0 aliphatic rings. The Kier molecular flexibility index (Phi) is 3.22. The monoisotopic (exact) mass is 234 g/mol. The van der Waals surface area contributed by atoms with Crippen molar-refractivity contribution in [2.45, 2.75) is 0 Å². The lowest BCUT2D eigenvalue weighted by molar-refractivity contribution is 0.423. The van der Waals surface area contributed by atoms with E-state index in [-0.39, 0.29) is 11.3 Å². The summed E-state index contributed by atoms with van der Waals surface area (Å²) in [5.41, 5.74) is 1.02. The van der Waals surface area contributed by atoms with Gasteiger partial charge in [-0.15, -0.1) is 0 Å². The Hall–Kier alpha value is -1.72. The highest BCUT2D eigenvalue weighted by atomic mass is 19.1. The summed E-state index contributed by atoms with van der Waals surface area (Å²) in [6, 6.07) is 9.63. The van der Waals surface area contributed by atoms with Crippen LogP contribution >= 0.6 is 0 Å². The summed E-state index contributed by atoms with van der Waals surface area (Å²) < 4.78 is 26.2. The van der Waals surface area contributed by atoms with Gasteiger partial charge in [-0.25, -0.2) is 8.78 Å². The first-order chi connectivity index (χ1) is 8.08. The lowest BCUT2D eigenvalue weighted by atomic mass is 9.79. The minimum absolute atomic E-state index is 0.184. The number of hydrogen-bond acceptors (Lipinski definition) is 2. The van der Waals surface area contributed by atoms with Crippen LogP contribution in [0.3, 0.4) is 0 Å². The van der Waals surface area contributed by atoms with E-state index < -0.39 is 12.9 Å². The molecule has 2 N–H and O–H groups in total. The molecule has 2 aromatic carbocycles. The third-order valence-electron chi connectivity index (χ3n) is 2.46. The fourth-order valence-electron chi connectivity index (χ4n) is 1.56. The average molecular weight is 234 g/mol. The Morgan fingerprint density at radius 2 is 1.41 bits per heavy atom. The van der Waals surface area contributed by atoms with E-state index in [0.717, 1.165) is 0 Å². The molecule has 0 saturated heterocycles. The van der Waals surface area contributed by atoms with E-state index in [0.29, 0.717) is 11.1 Å². The molecule has 0 atom stereocenters. The van der Waals surface area contributed by atoms with E-state index >= 15 is 0 Å². The molecule has 0 fully saturated rings. The number of rotatable bonds is 2. The topological polar surface area (TPSA) is 40.5 Å². The van der Waals surface area contributed by atoms with E-state index in [2.05, 4.69) is 0 Å². The van der Waals surface area contributed by atoms with Gasteiger partial charge in [0.15, 0.2) is 0 Å². The summed E-state index contributed by atoms with van der Waals surface area (Å²) in [7, 11) is -1.84. The van der Waals surface area contributed by atoms with Gasteiger partial charge in [0, 0.05) is 5.46 Å². The van der Waals surface area contributed by atoms with Crippen molar-refractivity contribution in [2.24, 2.45) is 0 Å². The van der Waals surface area contributed by atoms with Crippen molar-refractivity contribution in [3.63, 3.8) is 0 Å². The van der Waals surface area contributed by atoms with Gasteiger partial charge < -0.3 is 10.0 Å². The summed E-state index contributed by atoms with van der Waals surface area (Å²) in [6.45, 7) is 0. The minimum atomic E-state index is -1.84. The molecule has 2 aromatic rings. The van der Waals surface area contributed by atoms with Crippen molar-refractivity contribution < 1.29 is 18.8 Å². The van der Waals surface area contributed by atoms with Crippen LogP contribution in [0.1, 0.15) is 0 Å². The second kappa shape index (κ2) is 4.65. The van der Waals surface area contributed by atoms with Crippen molar-refractivity contribution in [2.75, 3.05) is 0 Å². The Labute approximate surface area is 97.3 Å². The predicted molar refractivity (Wildman–Crippen MR) is 61.6 cm³/mol. The van der Waals surface area contributed by atoms with Crippen LogP contribution in [-0.4, -0.2) is 17.2 Å². The van der Waals surface area contributed by atoms with Gasteiger partial charge in [0.2, 0.25) is 0 Å². The van der Waals surface area contributed by atoms with Crippen LogP contribution in [0, 0.1) is 11.6 Å². The van der Waals surface area contributed by atoms with Crippen molar-refractivity contribution in [3.8, 4) is 11.1 Å². The van der Waals surface area contributed by atoms with E-state index in [4.69, 9.17) is 10.0 Å². The van der Waals surface area contributed by atoms with Crippen molar-refractivity contribution in [1.82, 2.24) is 0 Å². The van der Waals surface area contributed by atoms with Gasteiger partial charge in [0.25, 0.3) is 0 Å². The number of benzene rings is 2. The lowest BCUT2D eigenvalue weighted by Gasteiger charge is -2.05. The van der Waals surface area contributed by atoms with E-state index in [1.807, 2.05) is 0 Å². The first-order valence-electron chi connectivity index (χ1n) is 4.99. The van der Waals surface area contributed by atoms with Gasteiger partial charge in [0.1, 0.15) is 11.6 Å². The first-order valence-corrected chi connectivity index (χ1v) is 4.99. The summed E-state index contributed by atoms with van der Waals surface area (Å²) in [5, 5.41) is 17.7. The molecule has 0 aliphatic carbocycles. The summed E-state index contributed by atoms with van der Waals surface area (Å²) >= 11 is 0. The minimum Gasteiger partial charge on any atom is -0.423 e. The normalized spacial score (nSPS) is 10.4. The van der Waals surface area contributed by atoms with Crippen LogP contribution in [0.15, 0.2) is 42.5 Å². The Balaban J connectivity index is 2.41. The van der Waals surface area contributed by atoms with Crippen LogP contribution < -0.4 is 5.46 Å². The van der Waals surface area contributed by atoms with Crippen molar-refractivity contribution in [3.05, 3.63) is 54.1 Å². The molecule has 2 rings (SSSR count). The molecule has 0 aromatic heterocycles. The molecule has 0 aliphatic heterocycles. The quantitative estimate of drug-likeness (QED) is 0.769. The molecular weight excluding hydrogens is 225 g/mol. The van der Waals surface area contributed by atoms with E-state index in [9.17, 15) is 8.78 Å². The summed E-state index contributed by atoms with van der Waals surface area (Å²) in [5.74, 6) is -1.07. The van der Waals surface area contributed by atoms with E-state index in [1.165, 1.54) is 36.4 Å². The van der Waals surface area contributed by atoms with Crippen LogP contribution in [-0.2, 0) is 0 Å². The molecule has 0 unspecified atom stereocenters. The lowest BCUT2D eigenvalue weighted by Crippen LogP contribution is -2.32. The van der Waals surface area contributed by atoms with Gasteiger partial charge in [0.05, 0.1) is 0 Å². The molecule has 0 radical (unpaired) electrons. The molecule has 0 spiro atoms. The highest BCUT2D eigenvalue weighted by Crippen LogP contribution is 2.19. The highest BCUT2D eigenvalue weighted by Gasteiger charge is 2.16. The predicted octanol–water partition coefficient (Wildman–Crippen LogP) is 1.31. The molecule has 0 saturated carbocycles. The zero-order chi connectivity index (χ0) is 12.4. The largest absolute Gasteiger partial charge is 0.491 e. The molecule has 5 heteroatoms. The molecule has 86 valence electrons. The van der Waals surface area contributed by atoms with Crippen LogP contribution in [0.4, 0.5) is 8.78 Å². The SMILES string of the molecule is OB(O)c1ccc(-c2ccc(F)cc2)cc1F. The first kappa shape index (κ1) is 11.8. The van der Waals surface area contributed by atoms with Gasteiger partial charge in [-0.3, -0.25) is 0 Å². The second-order valence-corrected chi connectivity index (χ2v) is 3.62. The standard InChI is InChI=1S/C12H9BF2O2/c14-10-4-1-8(2-5-10)9-3-6-11(13(16)17)12(15)7-9/h1-7,16-17H. The molecular formula is C12H9BF2O2. The fourth-order valence-corrected chi connectivity index (χ4v) is 1.56. The number of halogens is 2.